The fourth-order valence-electron chi connectivity index (χ4n) is 14.7. The van der Waals surface area contributed by atoms with E-state index in [2.05, 4.69) is 134 Å². The molecule has 0 amide bonds. The summed E-state index contributed by atoms with van der Waals surface area (Å²) in [6.07, 6.45) is 16.4. The summed E-state index contributed by atoms with van der Waals surface area (Å²) in [4.78, 5) is 0. The first-order chi connectivity index (χ1) is 24.4. The second-order valence-electron chi connectivity index (χ2n) is 20.9. The molecule has 1 unspecified atom stereocenters. The van der Waals surface area contributed by atoms with E-state index >= 15 is 0 Å². The van der Waals surface area contributed by atoms with Crippen LogP contribution in [0.1, 0.15) is 126 Å². The maximum absolute atomic E-state index is 5.76. The van der Waals surface area contributed by atoms with Crippen molar-refractivity contribution < 1.29 is 18.3 Å². The van der Waals surface area contributed by atoms with Gasteiger partial charge in [-0.05, 0) is 0 Å². The van der Waals surface area contributed by atoms with Crippen LogP contribution in [0.4, 0.5) is 0 Å². The van der Waals surface area contributed by atoms with Gasteiger partial charge in [-0.2, -0.15) is 0 Å². The standard InChI is InChI=1S/C25H25.C17H23.C7H7.CH3.CH2.2ClH.Zr/c1-14-12-24(3,4)22-8-16-7-17-9-23-19(15(2)13-25(23,5)6)11-21(17)20(16)10-18(14)22;1-11-3-4-14(5-11)17(2)15-7-12-6-13(9-15)10-16(17)8-12;1-7-5-3-2-4-6-7;;;;;/h8-12H,7H2,1-6H3;4-5,11-13,15-16H,6-10H2,1-2H3;3-6H,1H3;1H3;1H2;2*1H;. The zero-order valence-corrected chi connectivity index (χ0v) is 38.6. The molecule has 0 N–H and O–H groups in total. The van der Waals surface area contributed by atoms with E-state index in [1.807, 2.05) is 0 Å². The Balaban J connectivity index is 0.00000207. The van der Waals surface area contributed by atoms with Gasteiger partial charge in [0.05, 0.1) is 0 Å². The Bertz CT molecular complexity index is 2330. The van der Waals surface area contributed by atoms with E-state index in [9.17, 15) is 0 Å². The van der Waals surface area contributed by atoms with Crippen LogP contribution in [0.3, 0.4) is 0 Å². The number of allylic oxidation sites excluding steroid dienone is 8. The Morgan fingerprint density at radius 2 is 1.26 bits per heavy atom. The normalized spacial score (nSPS) is 30.5. The van der Waals surface area contributed by atoms with Gasteiger partial charge in [0.25, 0.3) is 0 Å². The van der Waals surface area contributed by atoms with Gasteiger partial charge in [-0.1, -0.05) is 0 Å². The quantitative estimate of drug-likeness (QED) is 0.192. The fraction of sp³-hybridized carbons (Fsp3) is 0.471. The number of aryl methyl sites for hydroxylation is 1. The monoisotopic (exact) mass is 834 g/mol. The van der Waals surface area contributed by atoms with Crippen molar-refractivity contribution in [2.45, 2.75) is 116 Å². The van der Waals surface area contributed by atoms with Gasteiger partial charge in [0.1, 0.15) is 0 Å². The number of fused-ring (bicyclic) bond motifs is 5. The molecule has 3 heteroatoms. The Morgan fingerprint density at radius 1 is 0.704 bits per heavy atom. The van der Waals surface area contributed by atoms with Crippen molar-refractivity contribution in [1.82, 2.24) is 0 Å². The molecule has 8 aliphatic rings. The van der Waals surface area contributed by atoms with Crippen molar-refractivity contribution in [3.05, 3.63) is 118 Å². The first kappa shape index (κ1) is 38.8. The van der Waals surface area contributed by atoms with E-state index in [0.29, 0.717) is 11.3 Å². The van der Waals surface area contributed by atoms with Crippen molar-refractivity contribution in [3.8, 4) is 11.1 Å². The molecule has 0 spiro atoms. The zero-order chi connectivity index (χ0) is 36.5. The van der Waals surface area contributed by atoms with Crippen LogP contribution in [-0.2, 0) is 35.5 Å². The molecule has 0 radical (unpaired) electrons. The van der Waals surface area contributed by atoms with Crippen molar-refractivity contribution in [2.75, 3.05) is 0 Å². The molecule has 11 rings (SSSR count). The molecule has 4 saturated carbocycles. The van der Waals surface area contributed by atoms with Gasteiger partial charge in [-0.25, -0.2) is 0 Å². The van der Waals surface area contributed by atoms with Gasteiger partial charge < -0.3 is 0 Å². The van der Waals surface area contributed by atoms with Crippen molar-refractivity contribution in [2.24, 2.45) is 35.0 Å². The van der Waals surface area contributed by atoms with Gasteiger partial charge in [0, 0.05) is 0 Å². The molecule has 1 atom stereocenters. The number of rotatable bonds is 4. The van der Waals surface area contributed by atoms with Crippen LogP contribution in [0.25, 0.3) is 22.3 Å². The van der Waals surface area contributed by atoms with Crippen LogP contribution in [0.5, 0.6) is 0 Å². The number of benzene rings is 3. The average molecular weight is 837 g/mol. The zero-order valence-electron chi connectivity index (χ0n) is 34.5. The molecule has 284 valence electrons. The van der Waals surface area contributed by atoms with E-state index in [-0.39, 0.29) is 35.6 Å². The third-order valence-corrected chi connectivity index (χ3v) is 32.7. The topological polar surface area (TPSA) is 0 Å². The number of hydrogen-bond acceptors (Lipinski definition) is 0. The molecule has 3 aromatic rings. The molecule has 3 aromatic carbocycles. The van der Waals surface area contributed by atoms with Gasteiger partial charge in [0.2, 0.25) is 0 Å². The molecule has 4 bridgehead atoms. The van der Waals surface area contributed by atoms with Crippen LogP contribution < -0.4 is 3.27 Å². The number of halogens is 2. The van der Waals surface area contributed by atoms with E-state index in [0.717, 1.165) is 30.1 Å². The van der Waals surface area contributed by atoms with E-state index in [1.54, 1.807) is 12.1 Å². The molecule has 54 heavy (non-hydrogen) atoms. The summed E-state index contributed by atoms with van der Waals surface area (Å²) in [5.74, 6) is 4.09. The molecule has 0 aliphatic heterocycles. The molecular weight excluding hydrogens is 775 g/mol. The molecule has 0 saturated heterocycles. The fourth-order valence-corrected chi connectivity index (χ4v) is 31.5. The number of hydrogen-bond donors (Lipinski definition) is 0. The predicted molar refractivity (Wildman–Crippen MR) is 236 cm³/mol. The Kier molecular flexibility index (Phi) is 8.62. The molecule has 8 aliphatic carbocycles. The predicted octanol–water partition coefficient (Wildman–Crippen LogP) is 13.5. The van der Waals surface area contributed by atoms with Crippen molar-refractivity contribution >= 4 is 43.4 Å². The first-order valence-corrected chi connectivity index (χ1v) is 28.6. The SMILES string of the molecule is Cl.Cl.[CH2]=[Zr]([CH3])([C]1=CC(C2(C)C3CC4CC(C3)CC2C4)=CC1C)([C]1=C(C)c2cc3c(cc2C1(C)C)Cc1cc2c(cc1-3)C(C)=CC2(C)C)[c]1ccc(C)cc1. The van der Waals surface area contributed by atoms with E-state index in [4.69, 9.17) is 4.21 Å². The third-order valence-electron chi connectivity index (χ3n) is 16.9. The minimum absolute atomic E-state index is 0. The average Bonchev–Trinajstić information content (AvgIpc) is 3.76. The summed E-state index contributed by atoms with van der Waals surface area (Å²) >= 11 is -4.47. The van der Waals surface area contributed by atoms with E-state index in [1.165, 1.54) is 96.6 Å². The summed E-state index contributed by atoms with van der Waals surface area (Å²) in [6.45, 7) is 22.1. The first-order valence-electron chi connectivity index (χ1n) is 20.7. The van der Waals surface area contributed by atoms with E-state index < -0.39 is 18.3 Å². The van der Waals surface area contributed by atoms with Gasteiger partial charge in [-0.3, -0.25) is 0 Å². The van der Waals surface area contributed by atoms with Gasteiger partial charge >= 0.3 is 317 Å². The van der Waals surface area contributed by atoms with Crippen molar-refractivity contribution in [3.63, 3.8) is 0 Å². The van der Waals surface area contributed by atoms with Crippen LogP contribution in [0, 0.1) is 41.9 Å². The molecule has 0 nitrogen and oxygen atoms in total. The summed E-state index contributed by atoms with van der Waals surface area (Å²) < 4.78 is 13.4. The Hall–Kier alpha value is -2.05. The van der Waals surface area contributed by atoms with Gasteiger partial charge in [0.15, 0.2) is 0 Å². The molecular formula is C51H62Cl2Zr. The molecule has 4 fully saturated rings. The van der Waals surface area contributed by atoms with Crippen LogP contribution in [0.2, 0.25) is 4.63 Å². The Morgan fingerprint density at radius 3 is 1.85 bits per heavy atom. The summed E-state index contributed by atoms with van der Waals surface area (Å²) in [5.41, 5.74) is 18.2. The second kappa shape index (κ2) is 12.0. The second-order valence-corrected chi connectivity index (χ2v) is 34.9. The van der Waals surface area contributed by atoms with Crippen LogP contribution in [0.15, 0.2) is 78.9 Å². The summed E-state index contributed by atoms with van der Waals surface area (Å²) in [7, 11) is 0. The summed E-state index contributed by atoms with van der Waals surface area (Å²) in [5, 5.41) is 0. The van der Waals surface area contributed by atoms with Crippen LogP contribution in [-0.4, -0.2) is 4.21 Å². The maximum atomic E-state index is 5.76. The van der Waals surface area contributed by atoms with Crippen molar-refractivity contribution in [1.29, 1.82) is 0 Å². The molecule has 0 aromatic heterocycles. The molecule has 0 heterocycles. The van der Waals surface area contributed by atoms with Gasteiger partial charge in [-0.15, -0.1) is 24.8 Å². The third kappa shape index (κ3) is 4.86. The van der Waals surface area contributed by atoms with Crippen LogP contribution >= 0.6 is 24.8 Å². The minimum atomic E-state index is -4.47. The summed E-state index contributed by atoms with van der Waals surface area (Å²) in [6, 6.07) is 20.1. The Labute approximate surface area is 339 Å².